The Morgan fingerprint density at radius 1 is 1.19 bits per heavy atom. The van der Waals surface area contributed by atoms with Crippen molar-refractivity contribution in [1.82, 2.24) is 4.98 Å². The monoisotopic (exact) mass is 355 g/mol. The average molecular weight is 355 g/mol. The molecule has 0 saturated heterocycles. The number of pyridine rings is 1. The topological polar surface area (TPSA) is 80.3 Å². The summed E-state index contributed by atoms with van der Waals surface area (Å²) in [6, 6.07) is 11.1. The van der Waals surface area contributed by atoms with E-state index < -0.39 is 0 Å². The fourth-order valence-corrected chi connectivity index (χ4v) is 2.37. The van der Waals surface area contributed by atoms with Crippen molar-refractivity contribution in [3.05, 3.63) is 53.7 Å². The highest BCUT2D eigenvalue weighted by Gasteiger charge is 2.07. The summed E-state index contributed by atoms with van der Waals surface area (Å²) in [5.41, 5.74) is 2.22. The predicted molar refractivity (Wildman–Crippen MR) is 102 cm³/mol. The molecule has 2 aromatic rings. The second-order valence-corrected chi connectivity index (χ2v) is 6.35. The lowest BCUT2D eigenvalue weighted by atomic mass is 10.1. The number of benzene rings is 1. The zero-order chi connectivity index (χ0) is 18.9. The molecule has 1 aromatic heterocycles. The fourth-order valence-electron chi connectivity index (χ4n) is 2.37. The number of esters is 1. The molecule has 1 aromatic carbocycles. The minimum atomic E-state index is -0.378. The smallest absolute Gasteiger partial charge is 0.339 e. The molecule has 26 heavy (non-hydrogen) atoms. The number of anilines is 2. The lowest BCUT2D eigenvalue weighted by Gasteiger charge is -2.10. The Kier molecular flexibility index (Phi) is 7.14. The van der Waals surface area contributed by atoms with Crippen LogP contribution in [0.1, 0.15) is 43.1 Å². The van der Waals surface area contributed by atoms with Crippen molar-refractivity contribution in [2.24, 2.45) is 5.92 Å². The first-order valence-corrected chi connectivity index (χ1v) is 8.73. The zero-order valence-corrected chi connectivity index (χ0v) is 15.4. The summed E-state index contributed by atoms with van der Waals surface area (Å²) in [6.07, 6.45) is 1.99. The van der Waals surface area contributed by atoms with Crippen LogP contribution in [0.5, 0.6) is 0 Å². The Morgan fingerprint density at radius 3 is 2.65 bits per heavy atom. The van der Waals surface area contributed by atoms with E-state index in [1.54, 1.807) is 19.1 Å². The second kappa shape index (κ2) is 9.56. The first-order chi connectivity index (χ1) is 12.5. The number of aromatic nitrogens is 1. The third-order valence-electron chi connectivity index (χ3n) is 3.55. The van der Waals surface area contributed by atoms with Crippen molar-refractivity contribution >= 4 is 23.4 Å². The maximum absolute atomic E-state index is 11.9. The lowest BCUT2D eigenvalue weighted by molar-refractivity contribution is -0.116. The van der Waals surface area contributed by atoms with Crippen LogP contribution in [0.3, 0.4) is 0 Å². The molecular formula is C20H25N3O3. The SMILES string of the molecule is CCOC(=O)c1ccc(NCc2cccc(NC(=O)CC(C)C)c2)nc1. The van der Waals surface area contributed by atoms with E-state index in [-0.39, 0.29) is 11.9 Å². The normalized spacial score (nSPS) is 10.5. The average Bonchev–Trinajstić information content (AvgIpc) is 2.60. The molecule has 2 N–H and O–H groups in total. The van der Waals surface area contributed by atoms with Crippen molar-refractivity contribution in [3.63, 3.8) is 0 Å². The van der Waals surface area contributed by atoms with Crippen LogP contribution in [0.25, 0.3) is 0 Å². The van der Waals surface area contributed by atoms with Gasteiger partial charge in [0.15, 0.2) is 0 Å². The van der Waals surface area contributed by atoms with E-state index in [9.17, 15) is 9.59 Å². The van der Waals surface area contributed by atoms with E-state index >= 15 is 0 Å². The van der Waals surface area contributed by atoms with Crippen molar-refractivity contribution in [3.8, 4) is 0 Å². The fraction of sp³-hybridized carbons (Fsp3) is 0.350. The highest BCUT2D eigenvalue weighted by molar-refractivity contribution is 5.91. The number of hydrogen-bond acceptors (Lipinski definition) is 5. The van der Waals surface area contributed by atoms with Gasteiger partial charge in [0.25, 0.3) is 0 Å². The third kappa shape index (κ3) is 6.20. The molecule has 0 aliphatic rings. The Balaban J connectivity index is 1.92. The van der Waals surface area contributed by atoms with Crippen LogP contribution in [0.4, 0.5) is 11.5 Å². The molecule has 6 nitrogen and oxygen atoms in total. The molecule has 0 radical (unpaired) electrons. The summed E-state index contributed by atoms with van der Waals surface area (Å²) in [6.45, 7) is 6.68. The van der Waals surface area contributed by atoms with Gasteiger partial charge in [-0.15, -0.1) is 0 Å². The second-order valence-electron chi connectivity index (χ2n) is 6.35. The van der Waals surface area contributed by atoms with E-state index in [1.165, 1.54) is 6.20 Å². The van der Waals surface area contributed by atoms with E-state index in [1.807, 2.05) is 38.1 Å². The number of nitrogens with zero attached hydrogens (tertiary/aromatic N) is 1. The predicted octanol–water partition coefficient (Wildman–Crippen LogP) is 3.86. The summed E-state index contributed by atoms with van der Waals surface area (Å²) >= 11 is 0. The third-order valence-corrected chi connectivity index (χ3v) is 3.55. The lowest BCUT2D eigenvalue weighted by Crippen LogP contribution is -2.14. The molecule has 0 atom stereocenters. The maximum Gasteiger partial charge on any atom is 0.339 e. The van der Waals surface area contributed by atoms with Crippen LogP contribution in [-0.2, 0) is 16.1 Å². The molecule has 0 fully saturated rings. The Morgan fingerprint density at radius 2 is 2.00 bits per heavy atom. The molecule has 6 heteroatoms. The van der Waals surface area contributed by atoms with E-state index in [0.29, 0.717) is 36.9 Å². The highest BCUT2D eigenvalue weighted by Crippen LogP contribution is 2.14. The minimum absolute atomic E-state index is 0.0151. The largest absolute Gasteiger partial charge is 0.462 e. The standard InChI is InChI=1S/C20H25N3O3/c1-4-26-20(25)16-8-9-18(22-13-16)21-12-15-6-5-7-17(11-15)23-19(24)10-14(2)3/h5-9,11,13-14H,4,10,12H2,1-3H3,(H,21,22)(H,23,24). The van der Waals surface area contributed by atoms with Gasteiger partial charge in [0.2, 0.25) is 5.91 Å². The molecule has 0 unspecified atom stereocenters. The molecule has 1 amide bonds. The van der Waals surface area contributed by atoms with Gasteiger partial charge in [-0.3, -0.25) is 4.79 Å². The van der Waals surface area contributed by atoms with E-state index in [4.69, 9.17) is 4.74 Å². The summed E-state index contributed by atoms with van der Waals surface area (Å²) in [7, 11) is 0. The molecule has 0 aliphatic heterocycles. The number of carbonyl (C=O) groups is 2. The first-order valence-electron chi connectivity index (χ1n) is 8.73. The number of hydrogen-bond donors (Lipinski definition) is 2. The summed E-state index contributed by atoms with van der Waals surface area (Å²) in [4.78, 5) is 27.7. The first kappa shape index (κ1) is 19.4. The van der Waals surface area contributed by atoms with Gasteiger partial charge in [-0.25, -0.2) is 9.78 Å². The Hall–Kier alpha value is -2.89. The van der Waals surface area contributed by atoms with Gasteiger partial charge in [-0.2, -0.15) is 0 Å². The van der Waals surface area contributed by atoms with Crippen molar-refractivity contribution in [2.75, 3.05) is 17.2 Å². The maximum atomic E-state index is 11.9. The molecular weight excluding hydrogens is 330 g/mol. The van der Waals surface area contributed by atoms with Crippen LogP contribution >= 0.6 is 0 Å². The van der Waals surface area contributed by atoms with Gasteiger partial charge in [0.1, 0.15) is 5.82 Å². The number of carbonyl (C=O) groups excluding carboxylic acids is 2. The Labute approximate surface area is 154 Å². The molecule has 0 spiro atoms. The summed E-state index contributed by atoms with van der Waals surface area (Å²) in [5.74, 6) is 0.619. The summed E-state index contributed by atoms with van der Waals surface area (Å²) < 4.78 is 4.93. The molecule has 1 heterocycles. The molecule has 2 rings (SSSR count). The minimum Gasteiger partial charge on any atom is -0.462 e. The summed E-state index contributed by atoms with van der Waals surface area (Å²) in [5, 5.41) is 6.11. The van der Waals surface area contributed by atoms with E-state index in [2.05, 4.69) is 15.6 Å². The number of rotatable bonds is 8. The Bertz CT molecular complexity index is 742. The van der Waals surface area contributed by atoms with Crippen LogP contribution in [0, 0.1) is 5.92 Å². The zero-order valence-electron chi connectivity index (χ0n) is 15.4. The van der Waals surface area contributed by atoms with Gasteiger partial charge in [0.05, 0.1) is 12.2 Å². The van der Waals surface area contributed by atoms with Gasteiger partial charge < -0.3 is 15.4 Å². The van der Waals surface area contributed by atoms with Gasteiger partial charge in [-0.05, 0) is 42.7 Å². The van der Waals surface area contributed by atoms with Gasteiger partial charge in [-0.1, -0.05) is 26.0 Å². The van der Waals surface area contributed by atoms with Crippen molar-refractivity contribution in [2.45, 2.75) is 33.7 Å². The molecule has 0 saturated carbocycles. The van der Waals surface area contributed by atoms with E-state index in [0.717, 1.165) is 11.3 Å². The van der Waals surface area contributed by atoms with Crippen LogP contribution in [-0.4, -0.2) is 23.5 Å². The molecule has 0 aliphatic carbocycles. The van der Waals surface area contributed by atoms with Gasteiger partial charge >= 0.3 is 5.97 Å². The van der Waals surface area contributed by atoms with Crippen molar-refractivity contribution in [1.29, 1.82) is 0 Å². The van der Waals surface area contributed by atoms with Gasteiger partial charge in [0, 0.05) is 24.8 Å². The van der Waals surface area contributed by atoms with Crippen molar-refractivity contribution < 1.29 is 14.3 Å². The quantitative estimate of drug-likeness (QED) is 0.703. The number of amides is 1. The van der Waals surface area contributed by atoms with Crippen LogP contribution in [0.2, 0.25) is 0 Å². The van der Waals surface area contributed by atoms with Crippen LogP contribution < -0.4 is 10.6 Å². The number of nitrogens with one attached hydrogen (secondary N) is 2. The molecule has 138 valence electrons. The number of ether oxygens (including phenoxy) is 1. The molecule has 0 bridgehead atoms. The highest BCUT2D eigenvalue weighted by atomic mass is 16.5. The van der Waals surface area contributed by atoms with Crippen LogP contribution in [0.15, 0.2) is 42.6 Å².